The van der Waals surface area contributed by atoms with Gasteiger partial charge in [-0.25, -0.2) is 36.2 Å². The molecular formula is C22H12F6N4O2S. The number of alkyl halides is 5. The van der Waals surface area contributed by atoms with Crippen LogP contribution >= 0.6 is 0 Å². The second-order valence-corrected chi connectivity index (χ2v) is 8.71. The summed E-state index contributed by atoms with van der Waals surface area (Å²) in [6.45, 7) is 0. The van der Waals surface area contributed by atoms with E-state index in [2.05, 4.69) is 21.9 Å². The molecule has 0 atom stereocenters. The molecule has 2 aromatic carbocycles. The predicted octanol–water partition coefficient (Wildman–Crippen LogP) is 4.54. The van der Waals surface area contributed by atoms with Crippen LogP contribution < -0.4 is 5.14 Å². The first kappa shape index (κ1) is 24.2. The van der Waals surface area contributed by atoms with E-state index in [-0.39, 0.29) is 28.0 Å². The summed E-state index contributed by atoms with van der Waals surface area (Å²) >= 11 is 0. The summed E-state index contributed by atoms with van der Waals surface area (Å²) in [5.74, 6) is 4.11. The van der Waals surface area contributed by atoms with E-state index in [9.17, 15) is 34.8 Å². The third kappa shape index (κ3) is 4.98. The van der Waals surface area contributed by atoms with Gasteiger partial charge in [0.1, 0.15) is 16.4 Å². The van der Waals surface area contributed by atoms with Crippen LogP contribution in [0.2, 0.25) is 0 Å². The average molecular weight is 510 g/mol. The first-order valence-electron chi connectivity index (χ1n) is 9.53. The lowest BCUT2D eigenvalue weighted by molar-refractivity contribution is -0.137. The molecule has 0 aliphatic carbocycles. The predicted molar refractivity (Wildman–Crippen MR) is 112 cm³/mol. The first-order chi connectivity index (χ1) is 16.3. The molecule has 0 saturated heterocycles. The van der Waals surface area contributed by atoms with Gasteiger partial charge in [-0.05, 0) is 36.4 Å². The van der Waals surface area contributed by atoms with E-state index in [1.807, 2.05) is 0 Å². The second kappa shape index (κ2) is 8.71. The molecule has 2 heterocycles. The van der Waals surface area contributed by atoms with Gasteiger partial charge in [0.05, 0.1) is 23.0 Å². The maximum atomic E-state index is 13.7. The standard InChI is InChI=1S/C22H12F6N4O2S/c23-16-8-2-12(9-19(16)35(29,33)34)1-3-14-11-30-32-18(20(24)25)10-17(31-21(14)32)13-4-6-15(7-5-13)22(26,27)28/h2,4-11,20H,(H2,29,33,34). The Bertz CT molecular complexity index is 1600. The highest BCUT2D eigenvalue weighted by atomic mass is 32.2. The van der Waals surface area contributed by atoms with Crippen LogP contribution in [0, 0.1) is 17.7 Å². The number of rotatable bonds is 3. The summed E-state index contributed by atoms with van der Waals surface area (Å²) < 4.78 is 103. The van der Waals surface area contributed by atoms with Crippen molar-refractivity contribution in [2.24, 2.45) is 5.14 Å². The normalized spacial score (nSPS) is 12.1. The van der Waals surface area contributed by atoms with Crippen LogP contribution in [-0.2, 0) is 16.2 Å². The molecule has 6 nitrogen and oxygen atoms in total. The Balaban J connectivity index is 1.82. The maximum Gasteiger partial charge on any atom is 0.416 e. The zero-order valence-electron chi connectivity index (χ0n) is 17.2. The van der Waals surface area contributed by atoms with Crippen LogP contribution in [0.25, 0.3) is 16.9 Å². The molecule has 0 radical (unpaired) electrons. The molecule has 2 N–H and O–H groups in total. The summed E-state index contributed by atoms with van der Waals surface area (Å²) in [6.07, 6.45) is -6.42. The minimum atomic E-state index is -4.57. The van der Waals surface area contributed by atoms with Gasteiger partial charge < -0.3 is 0 Å². The van der Waals surface area contributed by atoms with Gasteiger partial charge in [0.25, 0.3) is 6.43 Å². The van der Waals surface area contributed by atoms with Gasteiger partial charge >= 0.3 is 6.18 Å². The zero-order chi connectivity index (χ0) is 25.5. The molecule has 0 amide bonds. The molecule has 0 saturated carbocycles. The van der Waals surface area contributed by atoms with Crippen molar-refractivity contribution in [3.63, 3.8) is 0 Å². The Morgan fingerprint density at radius 3 is 2.29 bits per heavy atom. The molecule has 4 rings (SSSR count). The number of fused-ring (bicyclic) bond motifs is 1. The van der Waals surface area contributed by atoms with Crippen molar-refractivity contribution in [1.29, 1.82) is 0 Å². The van der Waals surface area contributed by atoms with E-state index in [1.54, 1.807) is 0 Å². The van der Waals surface area contributed by atoms with Gasteiger partial charge in [-0.3, -0.25) is 0 Å². The summed E-state index contributed by atoms with van der Waals surface area (Å²) in [5, 5.41) is 8.82. The molecule has 2 aromatic heterocycles. The van der Waals surface area contributed by atoms with Crippen LogP contribution in [-0.4, -0.2) is 23.0 Å². The second-order valence-electron chi connectivity index (χ2n) is 7.18. The van der Waals surface area contributed by atoms with E-state index in [1.165, 1.54) is 6.07 Å². The third-order valence-electron chi connectivity index (χ3n) is 4.81. The third-order valence-corrected chi connectivity index (χ3v) is 5.74. The first-order valence-corrected chi connectivity index (χ1v) is 11.1. The lowest BCUT2D eigenvalue weighted by Gasteiger charge is -2.10. The largest absolute Gasteiger partial charge is 0.416 e. The number of halogens is 6. The monoisotopic (exact) mass is 510 g/mol. The fourth-order valence-corrected chi connectivity index (χ4v) is 3.78. The van der Waals surface area contributed by atoms with Crippen LogP contribution in [0.4, 0.5) is 26.3 Å². The summed E-state index contributed by atoms with van der Waals surface area (Å²) in [5.41, 5.74) is -1.37. The maximum absolute atomic E-state index is 13.7. The van der Waals surface area contributed by atoms with Gasteiger partial charge in [-0.2, -0.15) is 18.3 Å². The highest BCUT2D eigenvalue weighted by molar-refractivity contribution is 7.89. The SMILES string of the molecule is NS(=O)(=O)c1cc(C#Cc2cnn3c(C(F)F)cc(-c4ccc(C(F)(F)F)cc4)nc23)ccc1F. The summed E-state index contributed by atoms with van der Waals surface area (Å²) in [6, 6.07) is 7.77. The minimum absolute atomic E-state index is 0.0385. The molecule has 0 aliphatic rings. The molecule has 0 bridgehead atoms. The number of hydrogen-bond acceptors (Lipinski definition) is 4. The number of hydrogen-bond donors (Lipinski definition) is 1. The highest BCUT2D eigenvalue weighted by Crippen LogP contribution is 2.32. The Morgan fingerprint density at radius 2 is 1.69 bits per heavy atom. The van der Waals surface area contributed by atoms with Crippen LogP contribution in [0.3, 0.4) is 0 Å². The topological polar surface area (TPSA) is 90.4 Å². The molecule has 0 fully saturated rings. The molecule has 0 aliphatic heterocycles. The lowest BCUT2D eigenvalue weighted by atomic mass is 10.1. The molecular weight excluding hydrogens is 498 g/mol. The van der Waals surface area contributed by atoms with Gasteiger partial charge in [-0.1, -0.05) is 24.0 Å². The number of nitrogens with zero attached hydrogens (tertiary/aromatic N) is 3. The molecule has 0 unspecified atom stereocenters. The van der Waals surface area contributed by atoms with Crippen molar-refractivity contribution in [3.05, 3.63) is 82.9 Å². The molecule has 180 valence electrons. The Labute approximate surface area is 194 Å². The fourth-order valence-electron chi connectivity index (χ4n) is 3.15. The van der Waals surface area contributed by atoms with Gasteiger partial charge in [-0.15, -0.1) is 0 Å². The Kier molecular flexibility index (Phi) is 6.04. The van der Waals surface area contributed by atoms with Crippen LogP contribution in [0.5, 0.6) is 0 Å². The van der Waals surface area contributed by atoms with Gasteiger partial charge in [0, 0.05) is 11.1 Å². The van der Waals surface area contributed by atoms with E-state index >= 15 is 0 Å². The molecule has 0 spiro atoms. The van der Waals surface area contributed by atoms with Crippen molar-refractivity contribution >= 4 is 15.7 Å². The van der Waals surface area contributed by atoms with E-state index < -0.39 is 44.6 Å². The number of sulfonamides is 1. The van der Waals surface area contributed by atoms with E-state index in [0.717, 1.165) is 53.2 Å². The van der Waals surface area contributed by atoms with Crippen molar-refractivity contribution in [1.82, 2.24) is 14.6 Å². The number of aromatic nitrogens is 3. The molecule has 35 heavy (non-hydrogen) atoms. The smallest absolute Gasteiger partial charge is 0.227 e. The van der Waals surface area contributed by atoms with Crippen molar-refractivity contribution in [3.8, 4) is 23.1 Å². The van der Waals surface area contributed by atoms with E-state index in [0.29, 0.717) is 0 Å². The minimum Gasteiger partial charge on any atom is -0.227 e. The average Bonchev–Trinajstić information content (AvgIpc) is 3.19. The van der Waals surface area contributed by atoms with Crippen molar-refractivity contribution in [2.75, 3.05) is 0 Å². The zero-order valence-corrected chi connectivity index (χ0v) is 18.0. The summed E-state index contributed by atoms with van der Waals surface area (Å²) in [7, 11) is -4.35. The molecule has 4 aromatic rings. The Morgan fingerprint density at radius 1 is 1.00 bits per heavy atom. The number of primary sulfonamides is 1. The lowest BCUT2D eigenvalue weighted by Crippen LogP contribution is -2.14. The summed E-state index contributed by atoms with van der Waals surface area (Å²) in [4.78, 5) is 3.46. The molecule has 13 heteroatoms. The van der Waals surface area contributed by atoms with Gasteiger partial charge in [0.15, 0.2) is 5.65 Å². The Hall–Kier alpha value is -3.89. The quantitative estimate of drug-likeness (QED) is 0.324. The number of benzene rings is 2. The highest BCUT2D eigenvalue weighted by Gasteiger charge is 2.30. The fraction of sp³-hybridized carbons (Fsp3) is 0.0909. The van der Waals surface area contributed by atoms with Crippen molar-refractivity contribution in [2.45, 2.75) is 17.5 Å². The van der Waals surface area contributed by atoms with Crippen LogP contribution in [0.1, 0.15) is 28.8 Å². The van der Waals surface area contributed by atoms with Crippen LogP contribution in [0.15, 0.2) is 59.6 Å². The van der Waals surface area contributed by atoms with Gasteiger partial charge in [0.2, 0.25) is 10.0 Å². The van der Waals surface area contributed by atoms with E-state index in [4.69, 9.17) is 5.14 Å². The number of nitrogens with two attached hydrogens (primary N) is 1. The van der Waals surface area contributed by atoms with Crippen molar-refractivity contribution < 1.29 is 34.8 Å².